The Bertz CT molecular complexity index is 2050. The van der Waals surface area contributed by atoms with Crippen molar-refractivity contribution < 1.29 is 44.3 Å². The molecule has 45 heavy (non-hydrogen) atoms. The molecule has 3 aromatic carbocycles. The molecule has 0 aromatic heterocycles. The van der Waals surface area contributed by atoms with E-state index >= 15 is 0 Å². The van der Waals surface area contributed by atoms with Gasteiger partial charge in [0.1, 0.15) is 21.2 Å². The summed E-state index contributed by atoms with van der Waals surface area (Å²) in [4.78, 5) is 11.7. The number of aromatic hydroxyl groups is 1. The first-order chi connectivity index (χ1) is 20.0. The Morgan fingerprint density at radius 3 is 2.18 bits per heavy atom. The zero-order valence-corrected chi connectivity index (χ0v) is 31.0. The predicted octanol–water partition coefficient (Wildman–Crippen LogP) is 3.91. The molecule has 2 saturated carbocycles. The molecule has 4 atom stereocenters. The largest absolute Gasteiger partial charge is 0.505 e. The van der Waals surface area contributed by atoms with Gasteiger partial charge in [0.15, 0.2) is 15.6 Å². The average Bonchev–Trinajstić information content (AvgIpc) is 3.54. The second kappa shape index (κ2) is 13.8. The maximum atomic E-state index is 13.2. The number of carbonyl (C=O) groups excluding carboxylic acids is 1. The van der Waals surface area contributed by atoms with Gasteiger partial charge in [0.2, 0.25) is 5.91 Å². The maximum absolute atomic E-state index is 13.2. The summed E-state index contributed by atoms with van der Waals surface area (Å²) in [5, 5.41) is 21.5. The van der Waals surface area contributed by atoms with Crippen LogP contribution < -0.4 is 5.32 Å². The van der Waals surface area contributed by atoms with Crippen molar-refractivity contribution in [3.63, 3.8) is 0 Å². The fraction of sp³-hybridized carbons (Fsp3) is 0.296. The van der Waals surface area contributed by atoms with Crippen LogP contribution in [0.25, 0.3) is 10.8 Å². The van der Waals surface area contributed by atoms with E-state index in [1.54, 1.807) is 6.92 Å². The van der Waals surface area contributed by atoms with Gasteiger partial charge in [-0.1, -0.05) is 12.6 Å². The number of azo groups is 1. The van der Waals surface area contributed by atoms with Crippen molar-refractivity contribution in [3.05, 3.63) is 60.0 Å². The van der Waals surface area contributed by atoms with Crippen LogP contribution in [0.1, 0.15) is 24.8 Å². The number of hydrogen-bond acceptors (Lipinski definition) is 10. The van der Waals surface area contributed by atoms with E-state index in [-0.39, 0.29) is 93.1 Å². The van der Waals surface area contributed by atoms with Crippen molar-refractivity contribution in [2.45, 2.75) is 41.2 Å². The maximum Gasteiger partial charge on any atom is 0.296 e. The molecule has 13 nitrogen and oxygen atoms in total. The SMILES string of the molecule is C=CS(=O)(=O)C1CC2CC(C(=O)Nc3ccc4c(O)c(N=Nc5ccc(C)cc5S(=O)(=O)O)c(S(=O)(=O)O)cc4c3)C1C2.[Na].[Na]. The fourth-order valence-electron chi connectivity index (χ4n) is 6.06. The van der Waals surface area contributed by atoms with E-state index in [0.717, 1.165) is 17.5 Å². The summed E-state index contributed by atoms with van der Waals surface area (Å²) in [6.07, 6.45) is 1.64. The molecule has 2 aliphatic carbocycles. The fourth-order valence-corrected chi connectivity index (χ4v) is 9.00. The molecule has 0 aliphatic heterocycles. The summed E-state index contributed by atoms with van der Waals surface area (Å²) in [5.41, 5.74) is -0.333. The second-order valence-electron chi connectivity index (χ2n) is 10.8. The van der Waals surface area contributed by atoms with Gasteiger partial charge in [-0.05, 0) is 85.4 Å². The molecule has 0 spiro atoms. The minimum atomic E-state index is -5.01. The molecule has 0 saturated heterocycles. The first-order valence-corrected chi connectivity index (χ1v) is 17.4. The van der Waals surface area contributed by atoms with Crippen LogP contribution in [0.5, 0.6) is 5.75 Å². The summed E-state index contributed by atoms with van der Waals surface area (Å²) in [7, 11) is -13.3. The van der Waals surface area contributed by atoms with Gasteiger partial charge >= 0.3 is 0 Å². The van der Waals surface area contributed by atoms with E-state index in [4.69, 9.17) is 0 Å². The Kier molecular flexibility index (Phi) is 11.6. The van der Waals surface area contributed by atoms with Gasteiger partial charge in [0.05, 0.1) is 5.25 Å². The number of nitrogens with zero attached hydrogens (tertiary/aromatic N) is 2. The predicted molar refractivity (Wildman–Crippen MR) is 168 cm³/mol. The van der Waals surface area contributed by atoms with Crippen LogP contribution in [0.4, 0.5) is 17.1 Å². The molecule has 2 fully saturated rings. The van der Waals surface area contributed by atoms with Gasteiger partial charge < -0.3 is 10.4 Å². The van der Waals surface area contributed by atoms with Gasteiger partial charge in [0, 0.05) is 81.5 Å². The third-order valence-corrected chi connectivity index (χ3v) is 11.6. The smallest absolute Gasteiger partial charge is 0.296 e. The van der Waals surface area contributed by atoms with Crippen LogP contribution in [0.3, 0.4) is 0 Å². The topological polar surface area (TPSA) is 217 Å². The molecule has 2 radical (unpaired) electrons. The Morgan fingerprint density at radius 1 is 0.911 bits per heavy atom. The molecule has 3 aromatic rings. The zero-order chi connectivity index (χ0) is 31.5. The van der Waals surface area contributed by atoms with Crippen LogP contribution in [0.2, 0.25) is 0 Å². The van der Waals surface area contributed by atoms with E-state index in [2.05, 4.69) is 22.1 Å². The van der Waals surface area contributed by atoms with Gasteiger partial charge in [-0.2, -0.15) is 16.8 Å². The first-order valence-electron chi connectivity index (χ1n) is 12.9. The monoisotopic (exact) mass is 695 g/mol. The second-order valence-corrected chi connectivity index (χ2v) is 15.7. The number of amides is 1. The van der Waals surface area contributed by atoms with Crippen LogP contribution in [0.15, 0.2) is 74.5 Å². The summed E-state index contributed by atoms with van der Waals surface area (Å²) in [5.74, 6) is -1.90. The Balaban J connectivity index is 0.00000276. The van der Waals surface area contributed by atoms with Gasteiger partial charge in [-0.25, -0.2) is 8.42 Å². The van der Waals surface area contributed by atoms with Crippen molar-refractivity contribution in [2.24, 2.45) is 28.0 Å². The third-order valence-electron chi connectivity index (χ3n) is 7.99. The summed E-state index contributed by atoms with van der Waals surface area (Å²) >= 11 is 0. The third kappa shape index (κ3) is 7.73. The number of phenolic OH excluding ortho intramolecular Hbond substituents is 1. The zero-order valence-electron chi connectivity index (χ0n) is 24.6. The minimum Gasteiger partial charge on any atom is -0.505 e. The number of aryl methyl sites for hydroxylation is 1. The Labute approximate surface area is 304 Å². The van der Waals surface area contributed by atoms with Crippen LogP contribution in [-0.4, -0.2) is 110 Å². The molecule has 5 rings (SSSR count). The molecular formula is C27H27N3Na2O10S3. The van der Waals surface area contributed by atoms with E-state index in [1.165, 1.54) is 30.3 Å². The number of hydrogen-bond donors (Lipinski definition) is 4. The van der Waals surface area contributed by atoms with E-state index < -0.39 is 68.4 Å². The van der Waals surface area contributed by atoms with E-state index in [0.29, 0.717) is 24.8 Å². The quantitative estimate of drug-likeness (QED) is 0.151. The molecule has 230 valence electrons. The van der Waals surface area contributed by atoms with Crippen LogP contribution in [-0.2, 0) is 34.9 Å². The average molecular weight is 696 g/mol. The molecule has 0 heterocycles. The molecule has 2 aliphatic rings. The van der Waals surface area contributed by atoms with Crippen molar-refractivity contribution in [1.82, 2.24) is 0 Å². The van der Waals surface area contributed by atoms with E-state index in [9.17, 15) is 44.3 Å². The van der Waals surface area contributed by atoms with Gasteiger partial charge in [-0.15, -0.1) is 10.2 Å². The van der Waals surface area contributed by atoms with Crippen LogP contribution in [0, 0.1) is 24.7 Å². The first kappa shape index (κ1) is 37.8. The summed E-state index contributed by atoms with van der Waals surface area (Å²) in [6.45, 7) is 4.96. The number of sulfone groups is 1. The van der Waals surface area contributed by atoms with E-state index in [1.807, 2.05) is 0 Å². The van der Waals surface area contributed by atoms with Crippen molar-refractivity contribution in [2.75, 3.05) is 5.32 Å². The molecule has 1 amide bonds. The molecule has 2 bridgehead atoms. The normalized spacial score (nSPS) is 21.3. The number of benzene rings is 3. The van der Waals surface area contributed by atoms with Crippen molar-refractivity contribution >= 4 is 123 Å². The number of anilines is 1. The van der Waals surface area contributed by atoms with Crippen LogP contribution >= 0.6 is 0 Å². The summed E-state index contributed by atoms with van der Waals surface area (Å²) in [6, 6.07) is 8.98. The Hall–Kier alpha value is -1.70. The van der Waals surface area contributed by atoms with Crippen molar-refractivity contribution in [1.29, 1.82) is 0 Å². The Morgan fingerprint density at radius 2 is 1.58 bits per heavy atom. The minimum absolute atomic E-state index is 0. The molecule has 4 unspecified atom stereocenters. The molecule has 18 heteroatoms. The van der Waals surface area contributed by atoms with Gasteiger partial charge in [-0.3, -0.25) is 13.9 Å². The number of fused-ring (bicyclic) bond motifs is 3. The number of carbonyl (C=O) groups is 1. The number of rotatable bonds is 8. The number of nitrogens with one attached hydrogen (secondary N) is 1. The summed E-state index contributed by atoms with van der Waals surface area (Å²) < 4.78 is 92.4. The van der Waals surface area contributed by atoms with Gasteiger partial charge in [0.25, 0.3) is 20.2 Å². The molecule has 4 N–H and O–H groups in total. The standard InChI is InChI=1S/C27H27N3O10S3.2Na/c1-3-41(33,34)22-11-15-9-19(22)20(10-15)27(32)28-17-5-6-18-16(12-17)13-24(43(38,39)40)25(26(18)31)30-29-21-7-4-14(2)8-23(21)42(35,36)37;;/h3-8,12-13,15,19-20,22,31H,1,9-11H2,2H3,(H,28,32)(H,35,36,37)(H,38,39,40);;. The molecular weight excluding hydrogens is 668 g/mol. The van der Waals surface area contributed by atoms with Crippen molar-refractivity contribution in [3.8, 4) is 5.75 Å². The number of phenols is 1.